The lowest BCUT2D eigenvalue weighted by atomic mass is 10.1. The van der Waals surface area contributed by atoms with Crippen molar-refractivity contribution in [2.45, 2.75) is 13.3 Å². The topological polar surface area (TPSA) is 130 Å². The maximum Gasteiger partial charge on any atom is 0.573 e. The monoisotopic (exact) mass is 448 g/mol. The minimum atomic E-state index is -4.89. The molecular weight excluding hydrogens is 433 g/mol. The summed E-state index contributed by atoms with van der Waals surface area (Å²) in [6, 6.07) is 10.3. The van der Waals surface area contributed by atoms with Crippen LogP contribution in [0.15, 0.2) is 54.7 Å². The number of ether oxygens (including phenoxy) is 2. The Kier molecular flexibility index (Phi) is 6.14. The number of halogens is 3. The van der Waals surface area contributed by atoms with Crippen molar-refractivity contribution in [3.63, 3.8) is 0 Å². The molecule has 1 amide bonds. The van der Waals surface area contributed by atoms with Crippen LogP contribution in [0.4, 0.5) is 30.4 Å². The smallest absolute Gasteiger partial charge is 0.450 e. The molecule has 32 heavy (non-hydrogen) atoms. The zero-order valence-electron chi connectivity index (χ0n) is 16.3. The molecule has 0 saturated heterocycles. The summed E-state index contributed by atoms with van der Waals surface area (Å²) in [5.74, 6) is -1.57. The van der Waals surface area contributed by atoms with Gasteiger partial charge in [-0.1, -0.05) is 12.1 Å². The van der Waals surface area contributed by atoms with Gasteiger partial charge in [0.2, 0.25) is 11.6 Å². The van der Waals surface area contributed by atoms with E-state index >= 15 is 0 Å². The van der Waals surface area contributed by atoms with Crippen molar-refractivity contribution in [1.82, 2.24) is 4.98 Å². The van der Waals surface area contributed by atoms with E-state index in [1.54, 1.807) is 13.0 Å². The molecule has 0 aliphatic heterocycles. The van der Waals surface area contributed by atoms with Crippen LogP contribution >= 0.6 is 0 Å². The Labute approximate surface area is 178 Å². The normalized spacial score (nSPS) is 11.0. The lowest BCUT2D eigenvalue weighted by molar-refractivity contribution is -0.384. The molecule has 1 aromatic heterocycles. The van der Waals surface area contributed by atoms with Crippen LogP contribution in [0.2, 0.25) is 0 Å². The van der Waals surface area contributed by atoms with E-state index < -0.39 is 28.6 Å². The number of nitro groups is 1. The van der Waals surface area contributed by atoms with Crippen LogP contribution in [0.5, 0.6) is 17.2 Å². The van der Waals surface area contributed by atoms with Crippen LogP contribution in [-0.2, 0) is 0 Å². The van der Waals surface area contributed by atoms with E-state index in [-0.39, 0.29) is 28.6 Å². The Morgan fingerprint density at radius 3 is 2.59 bits per heavy atom. The van der Waals surface area contributed by atoms with Crippen molar-refractivity contribution in [3.8, 4) is 17.2 Å². The summed E-state index contributed by atoms with van der Waals surface area (Å²) in [4.78, 5) is 26.7. The van der Waals surface area contributed by atoms with Gasteiger partial charge in [0.05, 0.1) is 4.92 Å². The summed E-state index contributed by atoms with van der Waals surface area (Å²) in [5, 5.41) is 13.8. The van der Waals surface area contributed by atoms with Gasteiger partial charge < -0.3 is 20.5 Å². The van der Waals surface area contributed by atoms with Gasteiger partial charge in [-0.3, -0.25) is 14.9 Å². The molecule has 0 saturated carbocycles. The zero-order chi connectivity index (χ0) is 23.5. The molecule has 3 rings (SSSR count). The third-order valence-corrected chi connectivity index (χ3v) is 4.11. The maximum atomic E-state index is 12.5. The van der Waals surface area contributed by atoms with Crippen molar-refractivity contribution in [1.29, 1.82) is 0 Å². The number of alkyl halides is 3. The highest BCUT2D eigenvalue weighted by atomic mass is 19.4. The van der Waals surface area contributed by atoms with Gasteiger partial charge in [0.25, 0.3) is 5.91 Å². The number of amides is 1. The van der Waals surface area contributed by atoms with Crippen LogP contribution < -0.4 is 20.5 Å². The van der Waals surface area contributed by atoms with Crippen molar-refractivity contribution in [3.05, 3.63) is 76.0 Å². The fourth-order valence-electron chi connectivity index (χ4n) is 2.67. The average Bonchev–Trinajstić information content (AvgIpc) is 2.69. The van der Waals surface area contributed by atoms with Crippen molar-refractivity contribution < 1.29 is 32.4 Å². The number of pyridine rings is 1. The first kappa shape index (κ1) is 22.3. The Hall–Kier alpha value is -4.35. The first-order chi connectivity index (χ1) is 15.0. The fraction of sp³-hybridized carbons (Fsp3) is 0.100. The number of hydrogen-bond acceptors (Lipinski definition) is 7. The van der Waals surface area contributed by atoms with Gasteiger partial charge >= 0.3 is 12.0 Å². The Morgan fingerprint density at radius 2 is 1.91 bits per heavy atom. The predicted molar refractivity (Wildman–Crippen MR) is 108 cm³/mol. The van der Waals surface area contributed by atoms with Gasteiger partial charge in [0, 0.05) is 29.6 Å². The van der Waals surface area contributed by atoms with Gasteiger partial charge in [0.15, 0.2) is 0 Å². The standard InChI is InChI=1S/C20H15F3N4O5/c1-11-5-6-13(31-16-7-8-25-18(24)17(16)27(29)30)10-15(11)26-19(28)12-3-2-4-14(9-12)32-20(21,22)23/h2-10H,1H3,(H2,24,25)(H,26,28). The molecule has 166 valence electrons. The number of benzene rings is 2. The van der Waals surface area contributed by atoms with Crippen LogP contribution in [0, 0.1) is 17.0 Å². The summed E-state index contributed by atoms with van der Waals surface area (Å²) in [6.07, 6.45) is -3.65. The number of nitrogens with one attached hydrogen (secondary N) is 1. The third kappa shape index (κ3) is 5.41. The van der Waals surface area contributed by atoms with E-state index in [1.807, 2.05) is 0 Å². The van der Waals surface area contributed by atoms with Crippen molar-refractivity contribution in [2.24, 2.45) is 0 Å². The summed E-state index contributed by atoms with van der Waals surface area (Å²) < 4.78 is 46.6. The molecule has 3 N–H and O–H groups in total. The molecule has 0 unspecified atom stereocenters. The maximum absolute atomic E-state index is 12.5. The number of aryl methyl sites for hydroxylation is 1. The Morgan fingerprint density at radius 1 is 1.16 bits per heavy atom. The SMILES string of the molecule is Cc1ccc(Oc2ccnc(N)c2[N+](=O)[O-])cc1NC(=O)c1cccc(OC(F)(F)F)c1. The predicted octanol–water partition coefficient (Wildman–Crippen LogP) is 4.82. The molecule has 0 atom stereocenters. The number of aromatic nitrogens is 1. The summed E-state index contributed by atoms with van der Waals surface area (Å²) in [5.41, 5.74) is 5.84. The Bertz CT molecular complexity index is 1180. The molecule has 9 nitrogen and oxygen atoms in total. The number of nitrogens with two attached hydrogens (primary N) is 1. The first-order valence-electron chi connectivity index (χ1n) is 8.88. The van der Waals surface area contributed by atoms with E-state index in [4.69, 9.17) is 10.5 Å². The van der Waals surface area contributed by atoms with Gasteiger partial charge in [-0.15, -0.1) is 13.2 Å². The number of carbonyl (C=O) groups excluding carboxylic acids is 1. The summed E-state index contributed by atoms with van der Waals surface area (Å²) >= 11 is 0. The zero-order valence-corrected chi connectivity index (χ0v) is 16.3. The molecule has 2 aromatic carbocycles. The van der Waals surface area contributed by atoms with E-state index in [9.17, 15) is 28.1 Å². The van der Waals surface area contributed by atoms with Gasteiger partial charge in [-0.05, 0) is 36.8 Å². The summed E-state index contributed by atoms with van der Waals surface area (Å²) in [6.45, 7) is 1.68. The molecule has 0 fully saturated rings. The van der Waals surface area contributed by atoms with E-state index in [0.29, 0.717) is 5.56 Å². The fourth-order valence-corrected chi connectivity index (χ4v) is 2.67. The number of carbonyl (C=O) groups is 1. The highest BCUT2D eigenvalue weighted by Crippen LogP contribution is 2.35. The third-order valence-electron chi connectivity index (χ3n) is 4.11. The van der Waals surface area contributed by atoms with Crippen molar-refractivity contribution in [2.75, 3.05) is 11.1 Å². The lowest BCUT2D eigenvalue weighted by Gasteiger charge is -2.13. The number of anilines is 2. The number of nitrogen functional groups attached to an aromatic ring is 1. The molecule has 12 heteroatoms. The lowest BCUT2D eigenvalue weighted by Crippen LogP contribution is -2.18. The van der Waals surface area contributed by atoms with Crippen LogP contribution in [0.25, 0.3) is 0 Å². The van der Waals surface area contributed by atoms with Crippen molar-refractivity contribution >= 4 is 23.1 Å². The number of hydrogen-bond donors (Lipinski definition) is 2. The molecule has 0 spiro atoms. The Balaban J connectivity index is 1.83. The minimum Gasteiger partial charge on any atom is -0.450 e. The number of rotatable bonds is 6. The highest BCUT2D eigenvalue weighted by Gasteiger charge is 2.31. The van der Waals surface area contributed by atoms with E-state index in [0.717, 1.165) is 12.1 Å². The molecule has 0 radical (unpaired) electrons. The molecule has 3 aromatic rings. The molecule has 0 aliphatic rings. The van der Waals surface area contributed by atoms with Gasteiger partial charge in [-0.2, -0.15) is 0 Å². The first-order valence-corrected chi connectivity index (χ1v) is 8.88. The largest absolute Gasteiger partial charge is 0.573 e. The highest BCUT2D eigenvalue weighted by molar-refractivity contribution is 6.05. The average molecular weight is 448 g/mol. The van der Waals surface area contributed by atoms with Crippen LogP contribution in [-0.4, -0.2) is 22.2 Å². The minimum absolute atomic E-state index is 0.0741. The second kappa shape index (κ2) is 8.79. The van der Waals surface area contributed by atoms with E-state index in [2.05, 4.69) is 15.0 Å². The molecular formula is C20H15F3N4O5. The molecule has 0 aliphatic carbocycles. The van der Waals surface area contributed by atoms with Gasteiger partial charge in [-0.25, -0.2) is 4.98 Å². The quantitative estimate of drug-likeness (QED) is 0.408. The second-order valence-corrected chi connectivity index (χ2v) is 6.41. The number of nitrogens with zero attached hydrogens (tertiary/aromatic N) is 2. The summed E-state index contributed by atoms with van der Waals surface area (Å²) in [7, 11) is 0. The van der Waals surface area contributed by atoms with Crippen LogP contribution in [0.1, 0.15) is 15.9 Å². The van der Waals surface area contributed by atoms with Gasteiger partial charge in [0.1, 0.15) is 11.5 Å². The molecule has 0 bridgehead atoms. The second-order valence-electron chi connectivity index (χ2n) is 6.41. The van der Waals surface area contributed by atoms with E-state index in [1.165, 1.54) is 36.5 Å². The molecule has 1 heterocycles. The van der Waals surface area contributed by atoms with Crippen LogP contribution in [0.3, 0.4) is 0 Å².